The van der Waals surface area contributed by atoms with Gasteiger partial charge in [-0.2, -0.15) is 0 Å². The standard InChI is InChI=1S/C20H22N4O4/c1-4-24-17-16(18(25)22-20(24)27)14(9-15(21-17)12-6-7-12)19(26)23(3)10-13-8-5-11(2)28-13/h5,8-9,12H,4,6-7,10H2,1-3H3,(H,22,25,27). The topological polar surface area (TPSA) is 101 Å². The van der Waals surface area contributed by atoms with Crippen LogP contribution < -0.4 is 11.2 Å². The molecule has 0 spiro atoms. The van der Waals surface area contributed by atoms with Gasteiger partial charge in [0.25, 0.3) is 11.5 Å². The van der Waals surface area contributed by atoms with Gasteiger partial charge in [0.15, 0.2) is 5.65 Å². The number of nitrogens with zero attached hydrogens (tertiary/aromatic N) is 3. The van der Waals surface area contributed by atoms with Crippen LogP contribution in [0.2, 0.25) is 0 Å². The smallest absolute Gasteiger partial charge is 0.329 e. The van der Waals surface area contributed by atoms with Crippen molar-refractivity contribution in [3.8, 4) is 0 Å². The molecule has 3 aromatic rings. The summed E-state index contributed by atoms with van der Waals surface area (Å²) in [6.07, 6.45) is 1.99. The monoisotopic (exact) mass is 382 g/mol. The summed E-state index contributed by atoms with van der Waals surface area (Å²) < 4.78 is 6.95. The quantitative estimate of drug-likeness (QED) is 0.729. The largest absolute Gasteiger partial charge is 0.464 e. The highest BCUT2D eigenvalue weighted by Gasteiger charge is 2.29. The predicted octanol–water partition coefficient (Wildman–Crippen LogP) is 2.16. The minimum Gasteiger partial charge on any atom is -0.464 e. The van der Waals surface area contributed by atoms with Crippen LogP contribution in [0.3, 0.4) is 0 Å². The van der Waals surface area contributed by atoms with E-state index in [-0.39, 0.29) is 35.0 Å². The Morgan fingerprint density at radius 3 is 2.71 bits per heavy atom. The van der Waals surface area contributed by atoms with Crippen LogP contribution >= 0.6 is 0 Å². The number of aromatic nitrogens is 3. The van der Waals surface area contributed by atoms with Gasteiger partial charge in [0.2, 0.25) is 0 Å². The highest BCUT2D eigenvalue weighted by atomic mass is 16.3. The molecular weight excluding hydrogens is 360 g/mol. The van der Waals surface area contributed by atoms with Crippen molar-refractivity contribution in [1.82, 2.24) is 19.4 Å². The maximum atomic E-state index is 13.2. The third kappa shape index (κ3) is 3.15. The number of hydrogen-bond donors (Lipinski definition) is 1. The first-order chi connectivity index (χ1) is 13.4. The maximum absolute atomic E-state index is 13.2. The van der Waals surface area contributed by atoms with Crippen molar-refractivity contribution in [1.29, 1.82) is 0 Å². The summed E-state index contributed by atoms with van der Waals surface area (Å²) in [5, 5.41) is 0.151. The Balaban J connectivity index is 1.86. The number of hydrogen-bond acceptors (Lipinski definition) is 5. The lowest BCUT2D eigenvalue weighted by Gasteiger charge is -2.18. The van der Waals surface area contributed by atoms with Crippen molar-refractivity contribution in [2.45, 2.75) is 45.7 Å². The lowest BCUT2D eigenvalue weighted by molar-refractivity contribution is 0.0776. The highest BCUT2D eigenvalue weighted by Crippen LogP contribution is 2.40. The van der Waals surface area contributed by atoms with E-state index < -0.39 is 11.2 Å². The number of aryl methyl sites for hydroxylation is 2. The fourth-order valence-corrected chi connectivity index (χ4v) is 3.42. The molecule has 4 rings (SSSR count). The van der Waals surface area contributed by atoms with Crippen molar-refractivity contribution in [3.05, 3.63) is 61.8 Å². The van der Waals surface area contributed by atoms with Crippen molar-refractivity contribution in [2.75, 3.05) is 7.05 Å². The maximum Gasteiger partial charge on any atom is 0.329 e. The number of rotatable bonds is 5. The SMILES string of the molecule is CCn1c(=O)[nH]c(=O)c2c(C(=O)N(C)Cc3ccc(C)o3)cc(C3CC3)nc21. The van der Waals surface area contributed by atoms with E-state index in [4.69, 9.17) is 4.42 Å². The van der Waals surface area contributed by atoms with E-state index in [0.717, 1.165) is 24.3 Å². The molecule has 3 heterocycles. The van der Waals surface area contributed by atoms with Crippen LogP contribution in [-0.2, 0) is 13.1 Å². The molecule has 0 radical (unpaired) electrons. The summed E-state index contributed by atoms with van der Waals surface area (Å²) >= 11 is 0. The van der Waals surface area contributed by atoms with Gasteiger partial charge in [0.05, 0.1) is 17.5 Å². The first-order valence-electron chi connectivity index (χ1n) is 9.37. The lowest BCUT2D eigenvalue weighted by atomic mass is 10.1. The molecule has 1 fully saturated rings. The Hall–Kier alpha value is -3.16. The Labute approximate surface area is 160 Å². The van der Waals surface area contributed by atoms with Crippen LogP contribution in [0, 0.1) is 6.92 Å². The van der Waals surface area contributed by atoms with Gasteiger partial charge < -0.3 is 9.32 Å². The summed E-state index contributed by atoms with van der Waals surface area (Å²) in [7, 11) is 1.66. The molecule has 0 atom stereocenters. The molecule has 1 amide bonds. The van der Waals surface area contributed by atoms with E-state index in [2.05, 4.69) is 9.97 Å². The molecule has 0 bridgehead atoms. The molecule has 1 N–H and O–H groups in total. The van der Waals surface area contributed by atoms with Crippen LogP contribution in [0.15, 0.2) is 32.2 Å². The molecule has 0 saturated heterocycles. The Morgan fingerprint density at radius 2 is 2.11 bits per heavy atom. The minimum atomic E-state index is -0.592. The number of carbonyl (C=O) groups is 1. The summed E-state index contributed by atoms with van der Waals surface area (Å²) in [4.78, 5) is 46.4. The zero-order chi connectivity index (χ0) is 20.0. The summed E-state index contributed by atoms with van der Waals surface area (Å²) in [6.45, 7) is 4.27. The first-order valence-corrected chi connectivity index (χ1v) is 9.37. The molecule has 3 aromatic heterocycles. The molecule has 1 saturated carbocycles. The summed E-state index contributed by atoms with van der Waals surface area (Å²) in [5.74, 6) is 1.39. The van der Waals surface area contributed by atoms with Gasteiger partial charge in [-0.3, -0.25) is 19.1 Å². The first kappa shape index (κ1) is 18.2. The predicted molar refractivity (Wildman–Crippen MR) is 104 cm³/mol. The lowest BCUT2D eigenvalue weighted by Crippen LogP contribution is -2.33. The average molecular weight is 382 g/mol. The summed E-state index contributed by atoms with van der Waals surface area (Å²) in [5.41, 5.74) is 0.182. The molecule has 146 valence electrons. The molecule has 0 aromatic carbocycles. The van der Waals surface area contributed by atoms with E-state index in [1.54, 1.807) is 20.0 Å². The van der Waals surface area contributed by atoms with Gasteiger partial charge >= 0.3 is 5.69 Å². The van der Waals surface area contributed by atoms with Crippen LogP contribution in [0.5, 0.6) is 0 Å². The van der Waals surface area contributed by atoms with E-state index in [1.807, 2.05) is 19.1 Å². The van der Waals surface area contributed by atoms with Crippen molar-refractivity contribution in [3.63, 3.8) is 0 Å². The molecule has 0 aliphatic heterocycles. The van der Waals surface area contributed by atoms with Gasteiger partial charge in [0, 0.05) is 25.2 Å². The molecule has 1 aliphatic carbocycles. The fraction of sp³-hybridized carbons (Fsp3) is 0.400. The van der Waals surface area contributed by atoms with Crippen LogP contribution in [-0.4, -0.2) is 32.4 Å². The second kappa shape index (κ2) is 6.78. The molecule has 8 heteroatoms. The zero-order valence-electron chi connectivity index (χ0n) is 16.1. The normalized spacial score (nSPS) is 13.8. The van der Waals surface area contributed by atoms with Crippen molar-refractivity contribution >= 4 is 16.9 Å². The van der Waals surface area contributed by atoms with Gasteiger partial charge in [-0.1, -0.05) is 0 Å². The number of pyridine rings is 1. The number of carbonyl (C=O) groups excluding carboxylic acids is 1. The number of H-pyrrole nitrogens is 1. The summed E-state index contributed by atoms with van der Waals surface area (Å²) in [6, 6.07) is 5.36. The second-order valence-corrected chi connectivity index (χ2v) is 7.24. The van der Waals surface area contributed by atoms with Crippen molar-refractivity contribution < 1.29 is 9.21 Å². The van der Waals surface area contributed by atoms with E-state index in [1.165, 1.54) is 9.47 Å². The molecule has 1 aliphatic rings. The number of nitrogens with one attached hydrogen (secondary N) is 1. The van der Waals surface area contributed by atoms with E-state index in [9.17, 15) is 14.4 Å². The molecule has 0 unspecified atom stereocenters. The number of fused-ring (bicyclic) bond motifs is 1. The Kier molecular flexibility index (Phi) is 4.41. The third-order valence-corrected chi connectivity index (χ3v) is 5.05. The number of amides is 1. The van der Waals surface area contributed by atoms with E-state index in [0.29, 0.717) is 12.3 Å². The Bertz CT molecular complexity index is 1180. The van der Waals surface area contributed by atoms with Gasteiger partial charge in [0.1, 0.15) is 11.5 Å². The third-order valence-electron chi connectivity index (χ3n) is 5.05. The minimum absolute atomic E-state index is 0.151. The Morgan fingerprint density at radius 1 is 1.36 bits per heavy atom. The molecular formula is C20H22N4O4. The fourth-order valence-electron chi connectivity index (χ4n) is 3.42. The number of furan rings is 1. The van der Waals surface area contributed by atoms with E-state index >= 15 is 0 Å². The highest BCUT2D eigenvalue weighted by molar-refractivity contribution is 6.05. The van der Waals surface area contributed by atoms with Crippen LogP contribution in [0.1, 0.15) is 53.3 Å². The molecule has 8 nitrogen and oxygen atoms in total. The zero-order valence-corrected chi connectivity index (χ0v) is 16.1. The number of aromatic amines is 1. The average Bonchev–Trinajstić information content (AvgIpc) is 3.43. The van der Waals surface area contributed by atoms with Gasteiger partial charge in [-0.25, -0.2) is 9.78 Å². The van der Waals surface area contributed by atoms with Gasteiger partial charge in [-0.05, 0) is 44.9 Å². The van der Waals surface area contributed by atoms with Gasteiger partial charge in [-0.15, -0.1) is 0 Å². The van der Waals surface area contributed by atoms with Crippen molar-refractivity contribution in [2.24, 2.45) is 0 Å². The molecule has 28 heavy (non-hydrogen) atoms. The van der Waals surface area contributed by atoms with Crippen LogP contribution in [0.25, 0.3) is 11.0 Å². The van der Waals surface area contributed by atoms with Crippen LogP contribution in [0.4, 0.5) is 0 Å². The second-order valence-electron chi connectivity index (χ2n) is 7.24.